The zero-order valence-electron chi connectivity index (χ0n) is 13.0. The predicted molar refractivity (Wildman–Crippen MR) is 85.4 cm³/mol. The smallest absolute Gasteiger partial charge is 0.253 e. The van der Waals surface area contributed by atoms with Crippen LogP contribution in [0.15, 0.2) is 24.3 Å². The number of hydrogen-bond acceptors (Lipinski definition) is 4. The predicted octanol–water partition coefficient (Wildman–Crippen LogP) is 1.12. The van der Waals surface area contributed by atoms with Crippen LogP contribution < -0.4 is 16.3 Å². The van der Waals surface area contributed by atoms with E-state index in [1.165, 1.54) is 19.3 Å². The van der Waals surface area contributed by atoms with Crippen molar-refractivity contribution in [1.82, 2.24) is 21.3 Å². The summed E-state index contributed by atoms with van der Waals surface area (Å²) in [6.45, 7) is 2.07. The summed E-state index contributed by atoms with van der Waals surface area (Å²) in [5.74, 6) is 2.05. The number of nitrogens with one attached hydrogen (secondary N) is 3. The van der Waals surface area contributed by atoms with Crippen molar-refractivity contribution in [3.05, 3.63) is 24.3 Å². The fraction of sp³-hybridized carbons (Fsp3) is 0.706. The van der Waals surface area contributed by atoms with Gasteiger partial charge in [0.05, 0.1) is 0 Å². The quantitative estimate of drug-likeness (QED) is 0.715. The minimum Gasteiger partial charge on any atom is -0.287 e. The number of carbonyl (C=O) groups excluding carboxylic acids is 1. The molecule has 4 rings (SSSR count). The molecule has 1 amide bonds. The number of carbonyl (C=O) groups is 1. The number of nitrogens with zero attached hydrogens (tertiary/aromatic N) is 1. The molecule has 2 saturated heterocycles. The van der Waals surface area contributed by atoms with Crippen LogP contribution in [0.4, 0.5) is 0 Å². The van der Waals surface area contributed by atoms with E-state index in [0.29, 0.717) is 5.92 Å². The summed E-state index contributed by atoms with van der Waals surface area (Å²) in [7, 11) is 0. The minimum absolute atomic E-state index is 0.123. The van der Waals surface area contributed by atoms with Gasteiger partial charge in [-0.1, -0.05) is 30.7 Å². The van der Waals surface area contributed by atoms with Crippen LogP contribution in [0.1, 0.15) is 32.1 Å². The van der Waals surface area contributed by atoms with Crippen molar-refractivity contribution in [2.45, 2.75) is 44.2 Å². The van der Waals surface area contributed by atoms with Gasteiger partial charge in [-0.05, 0) is 37.5 Å². The number of allylic oxidation sites excluding steroid dienone is 3. The van der Waals surface area contributed by atoms with Crippen molar-refractivity contribution in [3.8, 4) is 0 Å². The van der Waals surface area contributed by atoms with Crippen LogP contribution in [0.2, 0.25) is 0 Å². The lowest BCUT2D eigenvalue weighted by atomic mass is 9.88. The van der Waals surface area contributed by atoms with Gasteiger partial charge in [0.2, 0.25) is 0 Å². The number of rotatable bonds is 2. The van der Waals surface area contributed by atoms with Gasteiger partial charge in [0, 0.05) is 25.0 Å². The number of amides is 1. The van der Waals surface area contributed by atoms with Gasteiger partial charge in [-0.15, -0.1) is 0 Å². The molecule has 22 heavy (non-hydrogen) atoms. The number of hydrogen-bond donors (Lipinski definition) is 3. The molecule has 2 heterocycles. The fourth-order valence-electron chi connectivity index (χ4n) is 4.60. The molecule has 3 N–H and O–H groups in total. The van der Waals surface area contributed by atoms with Crippen LogP contribution in [0.5, 0.6) is 0 Å². The summed E-state index contributed by atoms with van der Waals surface area (Å²) in [6.07, 6.45) is 14.6. The Morgan fingerprint density at radius 3 is 2.73 bits per heavy atom. The third-order valence-electron chi connectivity index (χ3n) is 5.80. The van der Waals surface area contributed by atoms with Crippen molar-refractivity contribution < 1.29 is 4.79 Å². The summed E-state index contributed by atoms with van der Waals surface area (Å²) < 4.78 is 0. The molecule has 4 aliphatic rings. The molecule has 0 aromatic rings. The molecular formula is C17H26N4O. The first kappa shape index (κ1) is 14.4. The van der Waals surface area contributed by atoms with Gasteiger partial charge in [-0.3, -0.25) is 10.2 Å². The molecule has 3 fully saturated rings. The van der Waals surface area contributed by atoms with Crippen molar-refractivity contribution in [2.24, 2.45) is 17.8 Å². The molecule has 5 heteroatoms. The number of fused-ring (bicyclic) bond motifs is 2. The van der Waals surface area contributed by atoms with Gasteiger partial charge in [0.1, 0.15) is 6.04 Å². The summed E-state index contributed by atoms with van der Waals surface area (Å²) >= 11 is 0. The molecule has 0 spiro atoms. The van der Waals surface area contributed by atoms with Gasteiger partial charge >= 0.3 is 0 Å². The van der Waals surface area contributed by atoms with Gasteiger partial charge < -0.3 is 0 Å². The average Bonchev–Trinajstić information content (AvgIpc) is 3.13. The van der Waals surface area contributed by atoms with Crippen LogP contribution >= 0.6 is 0 Å². The summed E-state index contributed by atoms with van der Waals surface area (Å²) in [4.78, 5) is 12.7. The van der Waals surface area contributed by atoms with E-state index < -0.39 is 0 Å². The van der Waals surface area contributed by atoms with Gasteiger partial charge in [-0.2, -0.15) is 0 Å². The summed E-state index contributed by atoms with van der Waals surface area (Å²) in [5.41, 5.74) is 9.65. The maximum absolute atomic E-state index is 12.7. The van der Waals surface area contributed by atoms with E-state index in [-0.39, 0.29) is 18.0 Å². The largest absolute Gasteiger partial charge is 0.287 e. The summed E-state index contributed by atoms with van der Waals surface area (Å²) in [5, 5.41) is 2.16. The first-order valence-electron chi connectivity index (χ1n) is 8.71. The first-order valence-corrected chi connectivity index (χ1v) is 8.71. The molecule has 5 unspecified atom stereocenters. The molecule has 2 aliphatic heterocycles. The highest BCUT2D eigenvalue weighted by atomic mass is 16.2. The summed E-state index contributed by atoms with van der Waals surface area (Å²) in [6, 6.07) is 0.111. The molecule has 1 saturated carbocycles. The van der Waals surface area contributed by atoms with E-state index in [4.69, 9.17) is 0 Å². The highest BCUT2D eigenvalue weighted by Crippen LogP contribution is 2.37. The van der Waals surface area contributed by atoms with Crippen molar-refractivity contribution in [2.75, 3.05) is 13.1 Å². The highest BCUT2D eigenvalue weighted by Gasteiger charge is 2.41. The second-order valence-electron chi connectivity index (χ2n) is 7.18. The lowest BCUT2D eigenvalue weighted by molar-refractivity contribution is -0.128. The third kappa shape index (κ3) is 2.73. The molecule has 120 valence electrons. The zero-order chi connectivity index (χ0) is 14.9. The second kappa shape index (κ2) is 6.14. The number of hydrazine groups is 2. The van der Waals surface area contributed by atoms with Crippen LogP contribution in [0, 0.1) is 17.8 Å². The monoisotopic (exact) mass is 302 g/mol. The Kier molecular flexibility index (Phi) is 4.03. The van der Waals surface area contributed by atoms with Crippen LogP contribution in [-0.2, 0) is 4.79 Å². The van der Waals surface area contributed by atoms with E-state index in [0.717, 1.165) is 37.8 Å². The Balaban J connectivity index is 1.36. The van der Waals surface area contributed by atoms with Crippen molar-refractivity contribution in [1.29, 1.82) is 0 Å². The third-order valence-corrected chi connectivity index (χ3v) is 5.80. The SMILES string of the molecule is O=C(NN1CC2CCCC2C1)C1NNC2/C=C\C=C/CCC21. The van der Waals surface area contributed by atoms with E-state index >= 15 is 0 Å². The Bertz CT molecular complexity index is 477. The van der Waals surface area contributed by atoms with Gasteiger partial charge in [0.25, 0.3) is 5.91 Å². The topological polar surface area (TPSA) is 56.4 Å². The highest BCUT2D eigenvalue weighted by molar-refractivity contribution is 5.82. The molecule has 2 aliphatic carbocycles. The lowest BCUT2D eigenvalue weighted by Crippen LogP contribution is -2.51. The van der Waals surface area contributed by atoms with Crippen LogP contribution in [0.25, 0.3) is 0 Å². The van der Waals surface area contributed by atoms with Crippen molar-refractivity contribution in [3.63, 3.8) is 0 Å². The van der Waals surface area contributed by atoms with Gasteiger partial charge in [0.15, 0.2) is 0 Å². The molecular weight excluding hydrogens is 276 g/mol. The molecule has 0 aromatic carbocycles. The molecule has 5 atom stereocenters. The molecule has 0 aromatic heterocycles. The van der Waals surface area contributed by atoms with Crippen LogP contribution in [-0.4, -0.2) is 36.1 Å². The van der Waals surface area contributed by atoms with Gasteiger partial charge in [-0.25, -0.2) is 15.9 Å². The minimum atomic E-state index is -0.137. The Morgan fingerprint density at radius 2 is 1.91 bits per heavy atom. The Morgan fingerprint density at radius 1 is 1.09 bits per heavy atom. The van der Waals surface area contributed by atoms with Crippen LogP contribution in [0.3, 0.4) is 0 Å². The van der Waals surface area contributed by atoms with E-state index in [9.17, 15) is 4.79 Å². The molecule has 0 bridgehead atoms. The maximum atomic E-state index is 12.7. The normalized spacial score (nSPS) is 43.9. The average molecular weight is 302 g/mol. The Hall–Kier alpha value is -1.17. The standard InChI is InChI=1S/C17H26N4O/c22-17(20-21-10-12-6-5-7-13(12)11-21)16-14-8-3-1-2-4-9-15(14)18-19-16/h1-2,4,9,12-16,18-19H,3,5-8,10-11H2,(H,20,22)/b2-1-,9-4-. The molecule has 0 radical (unpaired) electrons. The Labute approximate surface area is 132 Å². The zero-order valence-corrected chi connectivity index (χ0v) is 13.0. The first-order chi connectivity index (χ1) is 10.8. The molecule has 5 nitrogen and oxygen atoms in total. The van der Waals surface area contributed by atoms with E-state index in [1.54, 1.807) is 0 Å². The fourth-order valence-corrected chi connectivity index (χ4v) is 4.60. The van der Waals surface area contributed by atoms with E-state index in [1.807, 2.05) is 0 Å². The lowest BCUT2D eigenvalue weighted by Gasteiger charge is -2.24. The second-order valence-corrected chi connectivity index (χ2v) is 7.18. The van der Waals surface area contributed by atoms with E-state index in [2.05, 4.69) is 45.6 Å². The maximum Gasteiger partial charge on any atom is 0.253 e. The van der Waals surface area contributed by atoms with Crippen molar-refractivity contribution >= 4 is 5.91 Å².